The lowest BCUT2D eigenvalue weighted by Gasteiger charge is -1.83. The molecule has 0 fully saturated rings. The highest BCUT2D eigenvalue weighted by Gasteiger charge is 2.23. The van der Waals surface area contributed by atoms with E-state index in [-0.39, 0.29) is 5.48 Å². The van der Waals surface area contributed by atoms with Crippen molar-refractivity contribution in [2.75, 3.05) is 0 Å². The Morgan fingerprint density at radius 3 is 0.833 bits per heavy atom. The maximum atomic E-state index is 7.30. The molecular weight excluding hydrogens is 111 g/mol. The molecule has 0 aliphatic heterocycles. The summed E-state index contributed by atoms with van der Waals surface area (Å²) in [5.41, 5.74) is 0. The van der Waals surface area contributed by atoms with Gasteiger partial charge < -0.3 is 5.48 Å². The molecule has 0 heterocycles. The molecule has 0 spiro atoms. The molecule has 6 heavy (non-hydrogen) atoms. The van der Waals surface area contributed by atoms with E-state index in [0.29, 0.717) is 0 Å². The summed E-state index contributed by atoms with van der Waals surface area (Å²) in [6.45, 7) is 0. The summed E-state index contributed by atoms with van der Waals surface area (Å²) in [4.78, 5) is 29.2. The van der Waals surface area contributed by atoms with Crippen LogP contribution in [0.25, 0.3) is 0 Å². The van der Waals surface area contributed by atoms with Crippen LogP contribution in [0.5, 0.6) is 0 Å². The molecule has 0 aromatic carbocycles. The molecule has 0 saturated heterocycles. The van der Waals surface area contributed by atoms with Crippen LogP contribution >= 0.6 is 8.17 Å². The molecule has 0 aliphatic rings. The third-order valence-electron chi connectivity index (χ3n) is 0. The Bertz CT molecular complexity index is 19.4. The van der Waals surface area contributed by atoms with Gasteiger partial charge in [0.05, 0.1) is 0 Å². The smallest absolute Gasteiger partial charge is 0.564 e. The highest BCUT2D eigenvalue weighted by atomic mass is 31.2. The monoisotopic (exact) mass is 116 g/mol. The highest BCUT2D eigenvalue weighted by Crippen LogP contribution is 2.37. The summed E-state index contributed by atoms with van der Waals surface area (Å²) in [6.07, 6.45) is 0. The molecule has 0 atom stereocenters. The Hall–Kier alpha value is 0.230. The minimum absolute atomic E-state index is 0. The van der Waals surface area contributed by atoms with Crippen LogP contribution in [0.3, 0.4) is 0 Å². The molecule has 0 rings (SSSR count). The average Bonchev–Trinajstić information content (AvgIpc) is 0.722. The molecule has 6 heteroatoms. The second-order valence-electron chi connectivity index (χ2n) is 0.537. The van der Waals surface area contributed by atoms with E-state index < -0.39 is 8.17 Å². The van der Waals surface area contributed by atoms with Crippen LogP contribution < -0.4 is 0 Å². The van der Waals surface area contributed by atoms with Gasteiger partial charge in [-0.2, -0.15) is 19.6 Å². The summed E-state index contributed by atoms with van der Waals surface area (Å²) in [5, 5.41) is 0. The molecule has 5 nitrogen and oxygen atoms in total. The van der Waals surface area contributed by atoms with E-state index >= 15 is 0 Å². The van der Waals surface area contributed by atoms with Gasteiger partial charge in [0, 0.05) is 0 Å². The van der Waals surface area contributed by atoms with E-state index in [1.807, 2.05) is 0 Å². The van der Waals surface area contributed by atoms with Crippen LogP contribution in [0.15, 0.2) is 0 Å². The van der Waals surface area contributed by atoms with Crippen molar-refractivity contribution in [3.8, 4) is 0 Å². The molecule has 0 saturated carbocycles. The Labute approximate surface area is 34.5 Å². The van der Waals surface area contributed by atoms with Gasteiger partial charge in [-0.05, 0) is 0 Å². The minimum atomic E-state index is -4.39. The second kappa shape index (κ2) is 2.41. The first-order chi connectivity index (χ1) is 2.00. The fourth-order valence-corrected chi connectivity index (χ4v) is 0. The molecule has 0 aromatic heterocycles. The van der Waals surface area contributed by atoms with Crippen LogP contribution in [-0.2, 0) is 0 Å². The predicted molar refractivity (Wildman–Crippen MR) is 17.7 cm³/mol. The Morgan fingerprint density at radius 1 is 0.833 bits per heavy atom. The largest absolute Gasteiger partial charge is 0.870 e. The molecule has 40 valence electrons. The summed E-state index contributed by atoms with van der Waals surface area (Å²) >= 11 is 0. The standard InChI is InChI=1S/H4O4P.H2O/c1-5(2,3)4;/h1-4H;1H2/q+1;/p-1. The van der Waals surface area contributed by atoms with Gasteiger partial charge in [-0.3, -0.25) is 0 Å². The highest BCUT2D eigenvalue weighted by molar-refractivity contribution is 7.52. The van der Waals surface area contributed by atoms with Gasteiger partial charge in [-0.25, -0.2) is 0 Å². The summed E-state index contributed by atoms with van der Waals surface area (Å²) in [7, 11) is -4.39. The van der Waals surface area contributed by atoms with Gasteiger partial charge in [-0.1, -0.05) is 0 Å². The topological polar surface area (TPSA) is 111 Å². The lowest BCUT2D eigenvalue weighted by Crippen LogP contribution is -1.79. The zero-order valence-electron chi connectivity index (χ0n) is 2.68. The maximum Gasteiger partial charge on any atom is 0.564 e. The van der Waals surface area contributed by atoms with Crippen LogP contribution in [0.4, 0.5) is 0 Å². The molecule has 5 N–H and O–H groups in total. The number of rotatable bonds is 0. The normalized spacial score (nSPS) is 10.0. The zero-order chi connectivity index (χ0) is 4.50. The van der Waals surface area contributed by atoms with Gasteiger partial charge in [0.15, 0.2) is 0 Å². The molecule has 0 bridgehead atoms. The van der Waals surface area contributed by atoms with Gasteiger partial charge in [0.1, 0.15) is 0 Å². The van der Waals surface area contributed by atoms with Crippen molar-refractivity contribution in [1.29, 1.82) is 0 Å². The van der Waals surface area contributed by atoms with Crippen molar-refractivity contribution >= 4 is 8.17 Å². The van der Waals surface area contributed by atoms with Crippen LogP contribution in [-0.4, -0.2) is 25.0 Å². The summed E-state index contributed by atoms with van der Waals surface area (Å²) in [5.74, 6) is 0. The van der Waals surface area contributed by atoms with Gasteiger partial charge in [0.2, 0.25) is 0 Å². The fraction of sp³-hybridized carbons (Fsp3) is 0. The van der Waals surface area contributed by atoms with Crippen LogP contribution in [0, 0.1) is 0 Å². The van der Waals surface area contributed by atoms with Crippen molar-refractivity contribution < 1.29 is 25.0 Å². The lowest BCUT2D eigenvalue weighted by atomic mass is 15.7. The summed E-state index contributed by atoms with van der Waals surface area (Å²) < 4.78 is 0. The predicted octanol–water partition coefficient (Wildman–Crippen LogP) is -1.54. The SMILES string of the molecule is O[P+](O)(O)O.[OH-]. The second-order valence-corrected chi connectivity index (χ2v) is 1.61. The van der Waals surface area contributed by atoms with Gasteiger partial charge >= 0.3 is 8.17 Å². The first-order valence-electron chi connectivity index (χ1n) is 0.800. The van der Waals surface area contributed by atoms with Crippen molar-refractivity contribution in [3.05, 3.63) is 0 Å². The van der Waals surface area contributed by atoms with E-state index in [4.69, 9.17) is 19.6 Å². The van der Waals surface area contributed by atoms with E-state index in [0.717, 1.165) is 0 Å². The zero-order valence-corrected chi connectivity index (χ0v) is 3.58. The van der Waals surface area contributed by atoms with Crippen molar-refractivity contribution in [2.45, 2.75) is 0 Å². The molecule has 0 unspecified atom stereocenters. The molecular formula is H5O5P. The number of hydrogen-bond donors (Lipinski definition) is 4. The minimum Gasteiger partial charge on any atom is -0.870 e. The van der Waals surface area contributed by atoms with Gasteiger partial charge in [0.25, 0.3) is 0 Å². The van der Waals surface area contributed by atoms with Crippen LogP contribution in [0.2, 0.25) is 0 Å². The molecule has 0 aromatic rings. The summed E-state index contributed by atoms with van der Waals surface area (Å²) in [6, 6.07) is 0. The van der Waals surface area contributed by atoms with E-state index in [1.54, 1.807) is 0 Å². The third-order valence-corrected chi connectivity index (χ3v) is 0. The average molecular weight is 116 g/mol. The van der Waals surface area contributed by atoms with E-state index in [1.165, 1.54) is 0 Å². The molecule has 0 amide bonds. The first-order valence-corrected chi connectivity index (χ1v) is 2.40. The fourth-order valence-electron chi connectivity index (χ4n) is 0. The Kier molecular flexibility index (Phi) is 3.83. The lowest BCUT2D eigenvalue weighted by molar-refractivity contribution is 0.229. The maximum absolute atomic E-state index is 7.30. The first kappa shape index (κ1) is 9.52. The Morgan fingerprint density at radius 2 is 0.833 bits per heavy atom. The third kappa shape index (κ3) is 834. The van der Waals surface area contributed by atoms with Crippen LogP contribution in [0.1, 0.15) is 0 Å². The van der Waals surface area contributed by atoms with Gasteiger partial charge in [-0.15, -0.1) is 0 Å². The van der Waals surface area contributed by atoms with E-state index in [2.05, 4.69) is 0 Å². The van der Waals surface area contributed by atoms with Crippen molar-refractivity contribution in [2.24, 2.45) is 0 Å². The Balaban J connectivity index is 0. The van der Waals surface area contributed by atoms with Crippen molar-refractivity contribution in [3.63, 3.8) is 0 Å². The molecule has 0 aliphatic carbocycles. The quantitative estimate of drug-likeness (QED) is 0.286. The molecule has 0 radical (unpaired) electrons. The van der Waals surface area contributed by atoms with E-state index in [9.17, 15) is 0 Å². The van der Waals surface area contributed by atoms with Crippen molar-refractivity contribution in [1.82, 2.24) is 0 Å². The number of hydrogen-bond acceptors (Lipinski definition) is 5.